The van der Waals surface area contributed by atoms with Gasteiger partial charge in [-0.05, 0) is 31.2 Å². The van der Waals surface area contributed by atoms with E-state index in [4.69, 9.17) is 0 Å². The zero-order chi connectivity index (χ0) is 21.5. The molecule has 3 heterocycles. The molecule has 152 valence electrons. The second-order valence-electron chi connectivity index (χ2n) is 7.25. The molecule has 31 heavy (non-hydrogen) atoms. The number of pyridine rings is 1. The third kappa shape index (κ3) is 3.19. The van der Waals surface area contributed by atoms with Crippen molar-refractivity contribution in [3.63, 3.8) is 0 Å². The second-order valence-corrected chi connectivity index (χ2v) is 8.26. The standard InChI is InChI=1S/C24H17N3O3S/c1-14-9-11-15(12-10-14)21(28)19-20(17-7-4-5-13-25-17)27(23(30)22(19)29)24-26-16-6-2-3-8-18(16)31-24/h2-13,20,28H,1H3/b21-19+. The fourth-order valence-electron chi connectivity index (χ4n) is 3.68. The van der Waals surface area contributed by atoms with Gasteiger partial charge in [0.05, 0.1) is 21.5 Å². The minimum atomic E-state index is -0.872. The topological polar surface area (TPSA) is 83.4 Å². The number of ketones is 1. The van der Waals surface area contributed by atoms with E-state index in [9.17, 15) is 14.7 Å². The number of carbonyl (C=O) groups is 2. The maximum Gasteiger partial charge on any atom is 0.301 e. The molecular weight excluding hydrogens is 410 g/mol. The Morgan fingerprint density at radius 1 is 1.00 bits per heavy atom. The van der Waals surface area contributed by atoms with E-state index in [1.807, 2.05) is 43.3 Å². The first-order chi connectivity index (χ1) is 15.0. The number of hydrogen-bond acceptors (Lipinski definition) is 6. The van der Waals surface area contributed by atoms with E-state index >= 15 is 0 Å². The van der Waals surface area contributed by atoms with E-state index in [1.54, 1.807) is 36.5 Å². The van der Waals surface area contributed by atoms with Crippen LogP contribution in [0.2, 0.25) is 0 Å². The summed E-state index contributed by atoms with van der Waals surface area (Å²) in [4.78, 5) is 36.5. The molecular formula is C24H17N3O3S. The summed E-state index contributed by atoms with van der Waals surface area (Å²) >= 11 is 1.32. The molecule has 1 atom stereocenters. The number of aliphatic hydroxyl groups is 1. The lowest BCUT2D eigenvalue weighted by Crippen LogP contribution is -2.29. The maximum absolute atomic E-state index is 13.1. The Hall–Kier alpha value is -3.84. The molecule has 1 amide bonds. The number of hydrogen-bond donors (Lipinski definition) is 1. The summed E-state index contributed by atoms with van der Waals surface area (Å²) in [7, 11) is 0. The molecule has 2 aromatic carbocycles. The SMILES string of the molecule is Cc1ccc(/C(O)=C2\C(=O)C(=O)N(c3nc4ccccc4s3)C2c2ccccn2)cc1. The van der Waals surface area contributed by atoms with Crippen LogP contribution in [0.25, 0.3) is 16.0 Å². The molecule has 1 saturated heterocycles. The van der Waals surface area contributed by atoms with Gasteiger partial charge in [0.2, 0.25) is 0 Å². The van der Waals surface area contributed by atoms with Gasteiger partial charge in [0.15, 0.2) is 5.13 Å². The first kappa shape index (κ1) is 19.1. The van der Waals surface area contributed by atoms with E-state index in [-0.39, 0.29) is 11.3 Å². The number of Topliss-reactive ketones (excluding diaryl/α,β-unsaturated/α-hetero) is 1. The van der Waals surface area contributed by atoms with Crippen LogP contribution in [0.3, 0.4) is 0 Å². The maximum atomic E-state index is 13.1. The summed E-state index contributed by atoms with van der Waals surface area (Å²) in [6.07, 6.45) is 1.60. The van der Waals surface area contributed by atoms with E-state index in [1.165, 1.54) is 16.2 Å². The van der Waals surface area contributed by atoms with E-state index in [0.29, 0.717) is 16.4 Å². The Labute approximate surface area is 182 Å². The smallest absolute Gasteiger partial charge is 0.301 e. The van der Waals surface area contributed by atoms with Crippen molar-refractivity contribution in [2.75, 3.05) is 4.90 Å². The van der Waals surface area contributed by atoms with E-state index < -0.39 is 17.7 Å². The van der Waals surface area contributed by atoms with Crippen molar-refractivity contribution in [1.82, 2.24) is 9.97 Å². The minimum Gasteiger partial charge on any atom is -0.507 e. The Morgan fingerprint density at radius 2 is 1.74 bits per heavy atom. The minimum absolute atomic E-state index is 0.00630. The van der Waals surface area contributed by atoms with Crippen LogP contribution in [-0.4, -0.2) is 26.8 Å². The second kappa shape index (κ2) is 7.45. The summed E-state index contributed by atoms with van der Waals surface area (Å²) in [6.45, 7) is 1.93. The predicted molar refractivity (Wildman–Crippen MR) is 120 cm³/mol. The average molecular weight is 427 g/mol. The summed E-state index contributed by atoms with van der Waals surface area (Å²) in [6, 6.07) is 19.1. The van der Waals surface area contributed by atoms with Gasteiger partial charge in [-0.2, -0.15) is 0 Å². The van der Waals surface area contributed by atoms with Crippen LogP contribution in [0.5, 0.6) is 0 Å². The van der Waals surface area contributed by atoms with Gasteiger partial charge < -0.3 is 5.11 Å². The predicted octanol–water partition coefficient (Wildman–Crippen LogP) is 4.63. The van der Waals surface area contributed by atoms with Crippen LogP contribution in [0, 0.1) is 6.92 Å². The number of carbonyl (C=O) groups excluding carboxylic acids is 2. The van der Waals surface area contributed by atoms with Gasteiger partial charge in [-0.3, -0.25) is 19.5 Å². The monoisotopic (exact) mass is 427 g/mol. The third-order valence-electron chi connectivity index (χ3n) is 5.23. The van der Waals surface area contributed by atoms with Gasteiger partial charge in [-0.1, -0.05) is 59.4 Å². The number of amides is 1. The lowest BCUT2D eigenvalue weighted by atomic mass is 9.98. The number of para-hydroxylation sites is 1. The number of aryl methyl sites for hydroxylation is 1. The van der Waals surface area contributed by atoms with Crippen molar-refractivity contribution in [1.29, 1.82) is 0 Å². The van der Waals surface area contributed by atoms with Gasteiger partial charge in [0, 0.05) is 11.8 Å². The highest BCUT2D eigenvalue weighted by molar-refractivity contribution is 7.22. The van der Waals surface area contributed by atoms with Crippen molar-refractivity contribution in [2.24, 2.45) is 0 Å². The normalized spacial score (nSPS) is 18.1. The first-order valence-corrected chi connectivity index (χ1v) is 10.5. The lowest BCUT2D eigenvalue weighted by Gasteiger charge is -2.21. The fraction of sp³-hybridized carbons (Fsp3) is 0.0833. The fourth-order valence-corrected chi connectivity index (χ4v) is 4.67. The molecule has 1 aliphatic heterocycles. The number of rotatable bonds is 3. The number of fused-ring (bicyclic) bond motifs is 1. The van der Waals surface area contributed by atoms with Crippen molar-refractivity contribution in [2.45, 2.75) is 13.0 Å². The van der Waals surface area contributed by atoms with Gasteiger partial charge in [0.25, 0.3) is 5.78 Å². The molecule has 1 N–H and O–H groups in total. The molecule has 1 aliphatic rings. The highest BCUT2D eigenvalue weighted by atomic mass is 32.1. The van der Waals surface area contributed by atoms with Crippen LogP contribution in [-0.2, 0) is 9.59 Å². The number of thiazole rings is 1. The summed E-state index contributed by atoms with van der Waals surface area (Å²) in [5.41, 5.74) is 2.71. The van der Waals surface area contributed by atoms with Crippen LogP contribution in [0.4, 0.5) is 5.13 Å². The van der Waals surface area contributed by atoms with Crippen molar-refractivity contribution < 1.29 is 14.7 Å². The van der Waals surface area contributed by atoms with Gasteiger partial charge in [0.1, 0.15) is 11.8 Å². The highest BCUT2D eigenvalue weighted by Crippen LogP contribution is 2.43. The number of benzene rings is 2. The number of nitrogens with zero attached hydrogens (tertiary/aromatic N) is 3. The Bertz CT molecular complexity index is 1310. The quantitative estimate of drug-likeness (QED) is 0.293. The molecule has 0 spiro atoms. The van der Waals surface area contributed by atoms with Crippen molar-refractivity contribution >= 4 is 44.1 Å². The van der Waals surface area contributed by atoms with Crippen molar-refractivity contribution in [3.8, 4) is 0 Å². The van der Waals surface area contributed by atoms with Crippen LogP contribution in [0.1, 0.15) is 22.9 Å². The Balaban J connectivity index is 1.73. The highest BCUT2D eigenvalue weighted by Gasteiger charge is 2.48. The van der Waals surface area contributed by atoms with E-state index in [0.717, 1.165) is 15.8 Å². The third-order valence-corrected chi connectivity index (χ3v) is 6.26. The molecule has 0 aliphatic carbocycles. The van der Waals surface area contributed by atoms with Crippen LogP contribution in [0.15, 0.2) is 78.5 Å². The molecule has 0 saturated carbocycles. The number of aliphatic hydroxyl groups excluding tert-OH is 1. The zero-order valence-corrected chi connectivity index (χ0v) is 17.3. The Morgan fingerprint density at radius 3 is 2.45 bits per heavy atom. The summed E-state index contributed by atoms with van der Waals surface area (Å²) in [5, 5.41) is 11.5. The zero-order valence-electron chi connectivity index (χ0n) is 16.5. The molecule has 2 aromatic heterocycles. The van der Waals surface area contributed by atoms with Gasteiger partial charge >= 0.3 is 5.91 Å². The molecule has 0 radical (unpaired) electrons. The summed E-state index contributed by atoms with van der Waals surface area (Å²) < 4.78 is 0.901. The summed E-state index contributed by atoms with van der Waals surface area (Å²) in [5.74, 6) is -1.71. The lowest BCUT2D eigenvalue weighted by molar-refractivity contribution is -0.132. The molecule has 4 aromatic rings. The van der Waals surface area contributed by atoms with Crippen LogP contribution < -0.4 is 4.90 Å². The van der Waals surface area contributed by atoms with E-state index in [2.05, 4.69) is 9.97 Å². The van der Waals surface area contributed by atoms with Gasteiger partial charge in [-0.25, -0.2) is 4.98 Å². The molecule has 7 heteroatoms. The number of anilines is 1. The van der Waals surface area contributed by atoms with Gasteiger partial charge in [-0.15, -0.1) is 0 Å². The number of aromatic nitrogens is 2. The molecule has 5 rings (SSSR count). The average Bonchev–Trinajstić information content (AvgIpc) is 3.33. The largest absolute Gasteiger partial charge is 0.507 e. The molecule has 1 fully saturated rings. The van der Waals surface area contributed by atoms with Crippen molar-refractivity contribution in [3.05, 3.63) is 95.3 Å². The first-order valence-electron chi connectivity index (χ1n) is 9.69. The molecule has 6 nitrogen and oxygen atoms in total. The molecule has 0 bridgehead atoms. The molecule has 1 unspecified atom stereocenters. The Kier molecular flexibility index (Phi) is 4.60. The van der Waals surface area contributed by atoms with Crippen LogP contribution >= 0.6 is 11.3 Å².